The van der Waals surface area contributed by atoms with Crippen molar-refractivity contribution in [2.45, 2.75) is 32.2 Å². The third-order valence-electron chi connectivity index (χ3n) is 4.22. The number of likely N-dealkylation sites (N-methyl/N-ethyl adjacent to an activating group) is 1. The molecule has 0 bridgehead atoms. The molecule has 1 saturated heterocycles. The fraction of sp³-hybridized carbons (Fsp3) is 0.556. The molecule has 0 N–H and O–H groups in total. The minimum atomic E-state index is -0.590. The molecule has 0 unspecified atom stereocenters. The highest BCUT2D eigenvalue weighted by Gasteiger charge is 2.32. The smallest absolute Gasteiger partial charge is 0.329 e. The Balaban J connectivity index is 2.11. The quantitative estimate of drug-likeness (QED) is 0.753. The van der Waals surface area contributed by atoms with Gasteiger partial charge in [0.05, 0.1) is 6.61 Å². The summed E-state index contributed by atoms with van der Waals surface area (Å²) >= 11 is 0. The van der Waals surface area contributed by atoms with E-state index in [0.29, 0.717) is 39.1 Å². The molecule has 0 radical (unpaired) electrons. The molecular weight excluding hydrogens is 294 g/mol. The maximum absolute atomic E-state index is 12.7. The predicted molar refractivity (Wildman–Crippen MR) is 86.9 cm³/mol. The molecule has 5 nitrogen and oxygen atoms in total. The zero-order valence-electron chi connectivity index (χ0n) is 13.9. The molecule has 1 heterocycles. The van der Waals surface area contributed by atoms with Gasteiger partial charge >= 0.3 is 5.97 Å². The molecule has 0 saturated carbocycles. The van der Waals surface area contributed by atoms with Crippen LogP contribution in [0.1, 0.15) is 25.3 Å². The van der Waals surface area contributed by atoms with E-state index < -0.39 is 6.04 Å². The molecule has 23 heavy (non-hydrogen) atoms. The summed E-state index contributed by atoms with van der Waals surface area (Å²) in [6, 6.07) is 9.11. The van der Waals surface area contributed by atoms with Crippen LogP contribution >= 0.6 is 0 Å². The second-order valence-electron chi connectivity index (χ2n) is 5.79. The van der Waals surface area contributed by atoms with Crippen molar-refractivity contribution in [2.24, 2.45) is 5.92 Å². The van der Waals surface area contributed by atoms with E-state index in [0.717, 1.165) is 5.56 Å². The summed E-state index contributed by atoms with van der Waals surface area (Å²) in [5.41, 5.74) is 1.01. The van der Waals surface area contributed by atoms with Gasteiger partial charge in [-0.3, -0.25) is 4.79 Å². The largest absolute Gasteiger partial charge is 0.464 e. The van der Waals surface area contributed by atoms with Gasteiger partial charge in [-0.05, 0) is 25.3 Å². The number of benzene rings is 1. The lowest BCUT2D eigenvalue weighted by molar-refractivity contribution is -0.156. The van der Waals surface area contributed by atoms with E-state index in [1.165, 1.54) is 0 Å². The number of esters is 1. The van der Waals surface area contributed by atoms with Gasteiger partial charge in [-0.25, -0.2) is 4.79 Å². The normalized spacial score (nSPS) is 16.6. The van der Waals surface area contributed by atoms with Crippen LogP contribution in [0.4, 0.5) is 0 Å². The number of hydrogen-bond donors (Lipinski definition) is 0. The number of nitrogens with zero attached hydrogens (tertiary/aromatic N) is 1. The molecule has 0 aliphatic carbocycles. The topological polar surface area (TPSA) is 55.8 Å². The third kappa shape index (κ3) is 4.79. The van der Waals surface area contributed by atoms with Crippen LogP contribution in [-0.4, -0.2) is 49.7 Å². The molecule has 126 valence electrons. The second-order valence-corrected chi connectivity index (χ2v) is 5.79. The lowest BCUT2D eigenvalue weighted by Gasteiger charge is -2.31. The van der Waals surface area contributed by atoms with E-state index in [1.807, 2.05) is 30.3 Å². The van der Waals surface area contributed by atoms with Crippen molar-refractivity contribution in [3.63, 3.8) is 0 Å². The summed E-state index contributed by atoms with van der Waals surface area (Å²) in [4.78, 5) is 26.6. The molecule has 1 aliphatic rings. The Morgan fingerprint density at radius 1 is 1.26 bits per heavy atom. The zero-order chi connectivity index (χ0) is 16.7. The molecule has 2 rings (SSSR count). The van der Waals surface area contributed by atoms with E-state index in [4.69, 9.17) is 9.47 Å². The van der Waals surface area contributed by atoms with Crippen LogP contribution in [0.25, 0.3) is 0 Å². The molecule has 1 aromatic rings. The minimum Gasteiger partial charge on any atom is -0.464 e. The fourth-order valence-electron chi connectivity index (χ4n) is 2.84. The SMILES string of the molecule is CCOC(=O)[C@H](Cc1ccccc1)N(C)C(=O)C1CCOCC1. The van der Waals surface area contributed by atoms with Crippen molar-refractivity contribution in [2.75, 3.05) is 26.9 Å². The Labute approximate surface area is 137 Å². The average Bonchev–Trinajstić information content (AvgIpc) is 2.60. The van der Waals surface area contributed by atoms with Gasteiger partial charge in [0.2, 0.25) is 5.91 Å². The number of carbonyl (C=O) groups is 2. The highest BCUT2D eigenvalue weighted by molar-refractivity contribution is 5.86. The third-order valence-corrected chi connectivity index (χ3v) is 4.22. The van der Waals surface area contributed by atoms with Gasteiger partial charge in [0.15, 0.2) is 0 Å². The fourth-order valence-corrected chi connectivity index (χ4v) is 2.84. The highest BCUT2D eigenvalue weighted by Crippen LogP contribution is 2.20. The number of ether oxygens (including phenoxy) is 2. The van der Waals surface area contributed by atoms with Crippen LogP contribution in [0.15, 0.2) is 30.3 Å². The Morgan fingerprint density at radius 2 is 1.91 bits per heavy atom. The van der Waals surface area contributed by atoms with Crippen LogP contribution < -0.4 is 0 Å². The van der Waals surface area contributed by atoms with Gasteiger partial charge in [-0.1, -0.05) is 30.3 Å². The summed E-state index contributed by atoms with van der Waals surface area (Å²) in [6.07, 6.45) is 1.89. The Bertz CT molecular complexity index is 511. The second kappa shape index (κ2) is 8.67. The molecule has 1 aliphatic heterocycles. The number of amides is 1. The highest BCUT2D eigenvalue weighted by atomic mass is 16.5. The molecule has 5 heteroatoms. The van der Waals surface area contributed by atoms with E-state index >= 15 is 0 Å². The standard InChI is InChI=1S/C18H25NO4/c1-3-23-18(21)16(13-14-7-5-4-6-8-14)19(2)17(20)15-9-11-22-12-10-15/h4-8,15-16H,3,9-13H2,1-2H3/t16-/m0/s1. The number of rotatable bonds is 6. The van der Waals surface area contributed by atoms with Gasteiger partial charge in [-0.15, -0.1) is 0 Å². The van der Waals surface area contributed by atoms with Crippen molar-refractivity contribution in [1.82, 2.24) is 4.90 Å². The average molecular weight is 319 g/mol. The first kappa shape index (κ1) is 17.5. The van der Waals surface area contributed by atoms with Crippen LogP contribution in [-0.2, 0) is 25.5 Å². The first-order valence-electron chi connectivity index (χ1n) is 8.18. The first-order valence-corrected chi connectivity index (χ1v) is 8.18. The lowest BCUT2D eigenvalue weighted by Crippen LogP contribution is -2.47. The van der Waals surface area contributed by atoms with E-state index in [-0.39, 0.29) is 17.8 Å². The summed E-state index contributed by atoms with van der Waals surface area (Å²) < 4.78 is 10.5. The molecule has 1 amide bonds. The zero-order valence-corrected chi connectivity index (χ0v) is 13.9. The molecule has 0 spiro atoms. The number of hydrogen-bond acceptors (Lipinski definition) is 4. The van der Waals surface area contributed by atoms with Crippen molar-refractivity contribution in [3.05, 3.63) is 35.9 Å². The minimum absolute atomic E-state index is 0.00211. The van der Waals surface area contributed by atoms with Crippen molar-refractivity contribution >= 4 is 11.9 Å². The molecule has 0 aromatic heterocycles. The predicted octanol–water partition coefficient (Wildman–Crippen LogP) is 2.05. The van der Waals surface area contributed by atoms with Crippen molar-refractivity contribution in [1.29, 1.82) is 0 Å². The lowest BCUT2D eigenvalue weighted by atomic mass is 9.97. The summed E-state index contributed by atoms with van der Waals surface area (Å²) in [7, 11) is 1.70. The van der Waals surface area contributed by atoms with Crippen molar-refractivity contribution < 1.29 is 19.1 Å². The van der Waals surface area contributed by atoms with Gasteiger partial charge in [0.25, 0.3) is 0 Å². The number of carbonyl (C=O) groups excluding carboxylic acids is 2. The summed E-state index contributed by atoms with van der Waals surface area (Å²) in [6.45, 7) is 3.29. The molecule has 1 aromatic carbocycles. The van der Waals surface area contributed by atoms with Crippen LogP contribution in [0.5, 0.6) is 0 Å². The Hall–Kier alpha value is -1.88. The van der Waals surface area contributed by atoms with E-state index in [9.17, 15) is 9.59 Å². The monoisotopic (exact) mass is 319 g/mol. The van der Waals surface area contributed by atoms with Gasteiger partial charge < -0.3 is 14.4 Å². The van der Waals surface area contributed by atoms with Crippen LogP contribution in [0.2, 0.25) is 0 Å². The van der Waals surface area contributed by atoms with Gasteiger partial charge in [-0.2, -0.15) is 0 Å². The van der Waals surface area contributed by atoms with Gasteiger partial charge in [0, 0.05) is 32.6 Å². The molecular formula is C18H25NO4. The maximum atomic E-state index is 12.7. The maximum Gasteiger partial charge on any atom is 0.329 e. The van der Waals surface area contributed by atoms with Crippen LogP contribution in [0, 0.1) is 5.92 Å². The molecule has 1 atom stereocenters. The Morgan fingerprint density at radius 3 is 2.52 bits per heavy atom. The van der Waals surface area contributed by atoms with Crippen molar-refractivity contribution in [3.8, 4) is 0 Å². The molecule has 1 fully saturated rings. The first-order chi connectivity index (χ1) is 11.1. The van der Waals surface area contributed by atoms with E-state index in [1.54, 1.807) is 18.9 Å². The summed E-state index contributed by atoms with van der Waals surface area (Å²) in [5.74, 6) is -0.414. The van der Waals surface area contributed by atoms with E-state index in [2.05, 4.69) is 0 Å². The summed E-state index contributed by atoms with van der Waals surface area (Å²) in [5, 5.41) is 0. The van der Waals surface area contributed by atoms with Gasteiger partial charge in [0.1, 0.15) is 6.04 Å². The Kier molecular flexibility index (Phi) is 6.59. The van der Waals surface area contributed by atoms with Crippen LogP contribution in [0.3, 0.4) is 0 Å².